The molecular formula is C55H106N16O11. The zero-order valence-corrected chi connectivity index (χ0v) is 51.1. The van der Waals surface area contributed by atoms with E-state index in [4.69, 9.17) is 34.4 Å². The molecule has 0 aromatic carbocycles. The van der Waals surface area contributed by atoms with Crippen LogP contribution in [-0.2, 0) is 47.9 Å². The van der Waals surface area contributed by atoms with Gasteiger partial charge in [0.25, 0.3) is 0 Å². The van der Waals surface area contributed by atoms with Crippen LogP contribution in [0, 0.1) is 29.6 Å². The van der Waals surface area contributed by atoms with Crippen LogP contribution in [-0.4, -0.2) is 169 Å². The maximum Gasteiger partial charge on any atom is 0.245 e. The van der Waals surface area contributed by atoms with E-state index >= 15 is 0 Å². The van der Waals surface area contributed by atoms with Gasteiger partial charge in [0.2, 0.25) is 59.1 Å². The van der Waals surface area contributed by atoms with Crippen molar-refractivity contribution in [2.45, 2.75) is 220 Å². The molecule has 0 saturated carbocycles. The molecular weight excluding hydrogens is 1060 g/mol. The van der Waals surface area contributed by atoms with Crippen molar-refractivity contribution in [3.63, 3.8) is 0 Å². The summed E-state index contributed by atoms with van der Waals surface area (Å²) in [6, 6.07) is -11.2. The van der Waals surface area contributed by atoms with E-state index in [-0.39, 0.29) is 107 Å². The number of nitrogens with one attached hydrogen (secondary N) is 8. The molecule has 472 valence electrons. The molecule has 11 atom stereocenters. The summed E-state index contributed by atoms with van der Waals surface area (Å²) in [5.41, 5.74) is 33.9. The van der Waals surface area contributed by atoms with Gasteiger partial charge in [0.15, 0.2) is 5.96 Å². The number of nitrogens with two attached hydrogens (primary N) is 6. The zero-order valence-electron chi connectivity index (χ0n) is 51.1. The van der Waals surface area contributed by atoms with Gasteiger partial charge < -0.3 is 86.9 Å². The number of hydrogen-bond donors (Lipinski definition) is 15. The minimum absolute atomic E-state index is 0.00553. The molecule has 0 spiro atoms. The molecule has 0 heterocycles. The van der Waals surface area contributed by atoms with Crippen LogP contribution in [0.4, 0.5) is 0 Å². The molecule has 27 nitrogen and oxygen atoms in total. The van der Waals surface area contributed by atoms with Crippen molar-refractivity contribution in [2.75, 3.05) is 33.2 Å². The van der Waals surface area contributed by atoms with Crippen LogP contribution in [0.15, 0.2) is 4.99 Å². The Morgan fingerprint density at radius 2 is 0.829 bits per heavy atom. The molecule has 0 aliphatic heterocycles. The minimum Gasteiger partial charge on any atom is -0.391 e. The third-order valence-electron chi connectivity index (χ3n) is 13.6. The second kappa shape index (κ2) is 40.1. The summed E-state index contributed by atoms with van der Waals surface area (Å²) in [6.07, 6.45) is 1.49. The van der Waals surface area contributed by atoms with Gasteiger partial charge in [-0.3, -0.25) is 52.9 Å². The SMILES string of the molecule is CC[C@H](C)[C@@H](C(=O)N[C@@H](CCCCN)C(=O)N[C@H](C(=O)N[C@@H](CC(C)C)C(=O)N[C@@H](CC(C)C)C(N)=O)[C@@H](C)O)N(C)C(=O)[C@H](CCCN=C(N)N)NC(=O)[C@H](CCCCN)NC(=O)[C@H](CC(C)C)NC(=O)[C@H](CC(C)C)NC(=O)CN. The summed E-state index contributed by atoms with van der Waals surface area (Å²) < 4.78 is 0. The zero-order chi connectivity index (χ0) is 63.0. The van der Waals surface area contributed by atoms with Gasteiger partial charge in [-0.25, -0.2) is 0 Å². The lowest BCUT2D eigenvalue weighted by molar-refractivity contribution is -0.145. The highest BCUT2D eigenvalue weighted by atomic mass is 16.3. The largest absolute Gasteiger partial charge is 0.391 e. The highest BCUT2D eigenvalue weighted by Gasteiger charge is 2.39. The van der Waals surface area contributed by atoms with Gasteiger partial charge in [-0.15, -0.1) is 0 Å². The van der Waals surface area contributed by atoms with E-state index in [2.05, 4.69) is 47.5 Å². The Hall–Kier alpha value is -6.19. The lowest BCUT2D eigenvalue weighted by Crippen LogP contribution is -2.62. The predicted octanol–water partition coefficient (Wildman–Crippen LogP) is -1.94. The molecule has 0 aromatic rings. The van der Waals surface area contributed by atoms with Crippen LogP contribution in [0.3, 0.4) is 0 Å². The number of guanidine groups is 1. The quantitative estimate of drug-likeness (QED) is 0.0180. The highest BCUT2D eigenvalue weighted by molar-refractivity contribution is 5.98. The van der Waals surface area contributed by atoms with Gasteiger partial charge in [-0.05, 0) is 127 Å². The first kappa shape index (κ1) is 75.8. The summed E-state index contributed by atoms with van der Waals surface area (Å²) in [5, 5.41) is 32.4. The molecule has 82 heavy (non-hydrogen) atoms. The summed E-state index contributed by atoms with van der Waals surface area (Å²) in [5.74, 6) is -8.35. The Balaban J connectivity index is 7.17. The van der Waals surface area contributed by atoms with Gasteiger partial charge in [0, 0.05) is 13.6 Å². The number of rotatable bonds is 42. The van der Waals surface area contributed by atoms with Crippen molar-refractivity contribution in [1.29, 1.82) is 0 Å². The second-order valence-corrected chi connectivity index (χ2v) is 23.1. The van der Waals surface area contributed by atoms with Crippen LogP contribution in [0.1, 0.15) is 160 Å². The molecule has 0 radical (unpaired) electrons. The normalized spacial score (nSPS) is 15.5. The summed E-state index contributed by atoms with van der Waals surface area (Å²) >= 11 is 0. The average Bonchev–Trinajstić information content (AvgIpc) is 3.38. The van der Waals surface area contributed by atoms with E-state index < -0.39 is 125 Å². The summed E-state index contributed by atoms with van der Waals surface area (Å²) in [6.45, 7) is 19.8. The minimum atomic E-state index is -1.63. The predicted molar refractivity (Wildman–Crippen MR) is 315 cm³/mol. The van der Waals surface area contributed by atoms with Gasteiger partial charge in [-0.1, -0.05) is 75.7 Å². The number of aliphatic imine (C=N–C) groups is 1. The fraction of sp³-hybridized carbons (Fsp3) is 0.800. The number of aliphatic hydroxyl groups is 1. The van der Waals surface area contributed by atoms with Gasteiger partial charge >= 0.3 is 0 Å². The van der Waals surface area contributed by atoms with Gasteiger partial charge in [0.05, 0.1) is 12.6 Å². The lowest BCUT2D eigenvalue weighted by Gasteiger charge is -2.35. The highest BCUT2D eigenvalue weighted by Crippen LogP contribution is 2.19. The maximum atomic E-state index is 14.9. The standard InChI is InChI=1S/C55H106N16O11/c1-13-34(10)45(53(81)65-37(20-15-17-23-57)48(76)70-44(35(11)72)52(80)69-42(28-33(8)9)51(79)67-39(46(59)74)25-30(2)3)71(12)54(82)38(21-18-24-62-55(60)61)66-47(75)36(19-14-16-22-56)64-50(78)41(27-32(6)7)68-49(77)40(26-31(4)5)63-43(73)29-58/h30-42,44-45,72H,13-29,56-58H2,1-12H3,(H2,59,74)(H,63,73)(H,64,78)(H,65,81)(H,66,75)(H,67,79)(H,68,77)(H,69,80)(H,70,76)(H4,60,61,62)/t34-,35+,36-,37-,38-,39-,40-,41-,42-,44-,45-/m0/s1. The molecule has 0 unspecified atom stereocenters. The van der Waals surface area contributed by atoms with Crippen LogP contribution in [0.5, 0.6) is 0 Å². The van der Waals surface area contributed by atoms with Gasteiger partial charge in [-0.2, -0.15) is 0 Å². The number of primary amides is 1. The van der Waals surface area contributed by atoms with E-state index in [1.54, 1.807) is 13.8 Å². The monoisotopic (exact) mass is 1170 g/mol. The fourth-order valence-corrected chi connectivity index (χ4v) is 9.05. The van der Waals surface area contributed by atoms with Crippen LogP contribution in [0.25, 0.3) is 0 Å². The molecule has 10 amide bonds. The van der Waals surface area contributed by atoms with E-state index in [0.717, 1.165) is 0 Å². The van der Waals surface area contributed by atoms with E-state index in [0.29, 0.717) is 32.1 Å². The molecule has 0 aliphatic rings. The third-order valence-corrected chi connectivity index (χ3v) is 13.6. The molecule has 27 heteroatoms. The van der Waals surface area contributed by atoms with Crippen LogP contribution >= 0.6 is 0 Å². The number of nitrogens with zero attached hydrogens (tertiary/aromatic N) is 2. The van der Waals surface area contributed by atoms with Crippen molar-refractivity contribution in [1.82, 2.24) is 47.4 Å². The Morgan fingerprint density at radius 1 is 0.463 bits per heavy atom. The number of hydrogen-bond acceptors (Lipinski definition) is 15. The number of carbonyl (C=O) groups is 10. The molecule has 0 fully saturated rings. The molecule has 21 N–H and O–H groups in total. The van der Waals surface area contributed by atoms with E-state index in [1.165, 1.54) is 18.9 Å². The summed E-state index contributed by atoms with van der Waals surface area (Å²) in [7, 11) is 1.38. The summed E-state index contributed by atoms with van der Waals surface area (Å²) in [4.78, 5) is 143. The lowest BCUT2D eigenvalue weighted by atomic mass is 9.95. The van der Waals surface area contributed by atoms with Crippen LogP contribution in [0.2, 0.25) is 0 Å². The van der Waals surface area contributed by atoms with E-state index in [9.17, 15) is 53.1 Å². The van der Waals surface area contributed by atoms with Crippen molar-refractivity contribution in [3.05, 3.63) is 0 Å². The molecule has 0 saturated heterocycles. The third kappa shape index (κ3) is 29.7. The Labute approximate surface area is 486 Å². The number of carbonyl (C=O) groups excluding carboxylic acids is 10. The van der Waals surface area contributed by atoms with E-state index in [1.807, 2.05) is 55.4 Å². The topological polar surface area (TPSA) is 459 Å². The first-order valence-corrected chi connectivity index (χ1v) is 29.2. The fourth-order valence-electron chi connectivity index (χ4n) is 9.05. The number of amides is 10. The van der Waals surface area contributed by atoms with Crippen LogP contribution < -0.4 is 76.9 Å². The van der Waals surface area contributed by atoms with Crippen molar-refractivity contribution in [2.24, 2.45) is 69.0 Å². The second-order valence-electron chi connectivity index (χ2n) is 23.1. The molecule has 0 rings (SSSR count). The first-order chi connectivity index (χ1) is 38.3. The Bertz CT molecular complexity index is 2050. The smallest absolute Gasteiger partial charge is 0.245 e. The van der Waals surface area contributed by atoms with Crippen molar-refractivity contribution < 1.29 is 53.1 Å². The van der Waals surface area contributed by atoms with Gasteiger partial charge in [0.1, 0.15) is 54.4 Å². The molecule has 0 bridgehead atoms. The van der Waals surface area contributed by atoms with Crippen molar-refractivity contribution >= 4 is 65.0 Å². The molecule has 0 aliphatic carbocycles. The number of likely N-dealkylation sites (N-methyl/N-ethyl adjacent to an activating group) is 1. The molecule has 0 aromatic heterocycles. The maximum absolute atomic E-state index is 14.9. The average molecular weight is 1170 g/mol. The Kier molecular flexibility index (Phi) is 37.1. The first-order valence-electron chi connectivity index (χ1n) is 29.2. The number of unbranched alkanes of at least 4 members (excludes halogenated alkanes) is 2. The van der Waals surface area contributed by atoms with Crippen molar-refractivity contribution in [3.8, 4) is 0 Å². The number of aliphatic hydroxyl groups excluding tert-OH is 1. The Morgan fingerprint density at radius 3 is 1.23 bits per heavy atom.